The first-order valence-corrected chi connectivity index (χ1v) is 9.12. The van der Waals surface area contributed by atoms with E-state index in [-0.39, 0.29) is 30.2 Å². The first kappa shape index (κ1) is 18.7. The molecule has 6 nitrogen and oxygen atoms in total. The van der Waals surface area contributed by atoms with Crippen molar-refractivity contribution in [3.8, 4) is 0 Å². The van der Waals surface area contributed by atoms with Gasteiger partial charge in [0.2, 0.25) is 0 Å². The second-order valence-corrected chi connectivity index (χ2v) is 7.07. The lowest BCUT2D eigenvalue weighted by Crippen LogP contribution is -2.34. The average molecular weight is 392 g/mol. The van der Waals surface area contributed by atoms with Gasteiger partial charge < -0.3 is 15.2 Å². The molecule has 1 aliphatic heterocycles. The van der Waals surface area contributed by atoms with Gasteiger partial charge >= 0.3 is 6.18 Å². The van der Waals surface area contributed by atoms with Crippen LogP contribution in [-0.4, -0.2) is 34.7 Å². The maximum Gasteiger partial charge on any atom is 0.436 e. The number of alkyl halides is 3. The van der Waals surface area contributed by atoms with Gasteiger partial charge in [0.25, 0.3) is 5.91 Å². The van der Waals surface area contributed by atoms with Crippen LogP contribution in [0.2, 0.25) is 0 Å². The summed E-state index contributed by atoms with van der Waals surface area (Å²) in [4.78, 5) is 16.7. The van der Waals surface area contributed by atoms with E-state index in [1.165, 1.54) is 0 Å². The quantitative estimate of drug-likeness (QED) is 0.818. The van der Waals surface area contributed by atoms with Crippen molar-refractivity contribution in [2.45, 2.75) is 43.9 Å². The number of aromatic nitrogens is 2. The summed E-state index contributed by atoms with van der Waals surface area (Å²) in [6.45, 7) is 0.556. The van der Waals surface area contributed by atoms with Crippen LogP contribution in [0.5, 0.6) is 0 Å². The monoisotopic (exact) mass is 392 g/mol. The summed E-state index contributed by atoms with van der Waals surface area (Å²) in [6.07, 6.45) is 0.301. The fraction of sp³-hybridized carbons (Fsp3) is 0.421. The van der Waals surface area contributed by atoms with Gasteiger partial charge in [0.1, 0.15) is 11.5 Å². The van der Waals surface area contributed by atoms with E-state index in [1.807, 2.05) is 12.1 Å². The largest absolute Gasteiger partial charge is 0.436 e. The van der Waals surface area contributed by atoms with Crippen molar-refractivity contribution in [3.63, 3.8) is 0 Å². The van der Waals surface area contributed by atoms with Gasteiger partial charge in [-0.2, -0.15) is 13.2 Å². The number of hydrogen-bond donors (Lipinski definition) is 2. The molecular formula is C19H19F3N4O2. The SMILES string of the molecule is O=C(NC1CC1)c1cccc(C2=CCNC(Cc3cc(C(F)(F)F)no3)C2)n1. The Labute approximate surface area is 159 Å². The number of nitrogens with one attached hydrogen (secondary N) is 2. The summed E-state index contributed by atoms with van der Waals surface area (Å²) < 4.78 is 42.8. The van der Waals surface area contributed by atoms with E-state index < -0.39 is 11.9 Å². The van der Waals surface area contributed by atoms with Crippen molar-refractivity contribution in [2.75, 3.05) is 6.54 Å². The molecule has 1 saturated carbocycles. The molecule has 0 saturated heterocycles. The van der Waals surface area contributed by atoms with Crippen LogP contribution in [0.4, 0.5) is 13.2 Å². The molecular weight excluding hydrogens is 373 g/mol. The summed E-state index contributed by atoms with van der Waals surface area (Å²) in [5, 5.41) is 9.24. The molecule has 1 atom stereocenters. The van der Waals surface area contributed by atoms with Crippen molar-refractivity contribution in [1.82, 2.24) is 20.8 Å². The maximum absolute atomic E-state index is 12.7. The Balaban J connectivity index is 1.43. The number of hydrogen-bond acceptors (Lipinski definition) is 5. The minimum atomic E-state index is -4.52. The molecule has 4 rings (SSSR count). The van der Waals surface area contributed by atoms with E-state index >= 15 is 0 Å². The predicted octanol–water partition coefficient (Wildman–Crippen LogP) is 2.97. The predicted molar refractivity (Wildman–Crippen MR) is 94.3 cm³/mol. The summed E-state index contributed by atoms with van der Waals surface area (Å²) in [6, 6.07) is 6.37. The molecule has 3 heterocycles. The number of carbonyl (C=O) groups is 1. The Morgan fingerprint density at radius 1 is 1.32 bits per heavy atom. The van der Waals surface area contributed by atoms with Gasteiger partial charge in [-0.25, -0.2) is 4.98 Å². The van der Waals surface area contributed by atoms with Crippen LogP contribution < -0.4 is 10.6 Å². The third-order valence-corrected chi connectivity index (χ3v) is 4.74. The fourth-order valence-corrected chi connectivity index (χ4v) is 3.14. The Morgan fingerprint density at radius 3 is 2.86 bits per heavy atom. The van der Waals surface area contributed by atoms with Crippen molar-refractivity contribution < 1.29 is 22.5 Å². The van der Waals surface area contributed by atoms with Crippen LogP contribution in [0.1, 0.15) is 46.9 Å². The first-order chi connectivity index (χ1) is 13.4. The number of nitrogens with zero attached hydrogens (tertiary/aromatic N) is 2. The van der Waals surface area contributed by atoms with Crippen molar-refractivity contribution >= 4 is 11.5 Å². The second-order valence-electron chi connectivity index (χ2n) is 7.07. The maximum atomic E-state index is 12.7. The highest BCUT2D eigenvalue weighted by Gasteiger charge is 2.35. The van der Waals surface area contributed by atoms with Crippen LogP contribution in [0.25, 0.3) is 5.57 Å². The van der Waals surface area contributed by atoms with E-state index in [0.29, 0.717) is 24.4 Å². The third-order valence-electron chi connectivity index (χ3n) is 4.74. The molecule has 2 N–H and O–H groups in total. The standard InChI is InChI=1S/C19H19F3N4O2/c20-19(21,22)17-10-14(28-26-17)9-13-8-11(6-7-23-13)15-2-1-3-16(25-15)18(27)24-12-4-5-12/h1-3,6,10,12-13,23H,4-5,7-9H2,(H,24,27). The highest BCUT2D eigenvalue weighted by Crippen LogP contribution is 2.29. The van der Waals surface area contributed by atoms with Crippen LogP contribution >= 0.6 is 0 Å². The highest BCUT2D eigenvalue weighted by atomic mass is 19.4. The molecule has 1 fully saturated rings. The molecule has 9 heteroatoms. The van der Waals surface area contributed by atoms with Crippen LogP contribution in [0.15, 0.2) is 34.9 Å². The van der Waals surface area contributed by atoms with Crippen LogP contribution in [0.3, 0.4) is 0 Å². The Hall–Kier alpha value is -2.68. The lowest BCUT2D eigenvalue weighted by Gasteiger charge is -2.23. The topological polar surface area (TPSA) is 80.0 Å². The first-order valence-electron chi connectivity index (χ1n) is 9.12. The fourth-order valence-electron chi connectivity index (χ4n) is 3.14. The minimum Gasteiger partial charge on any atom is -0.361 e. The number of amides is 1. The molecule has 0 radical (unpaired) electrons. The zero-order valence-electron chi connectivity index (χ0n) is 14.9. The summed E-state index contributed by atoms with van der Waals surface area (Å²) in [7, 11) is 0. The van der Waals surface area contributed by atoms with Crippen LogP contribution in [0, 0.1) is 0 Å². The van der Waals surface area contributed by atoms with Gasteiger partial charge in [0.15, 0.2) is 5.69 Å². The molecule has 28 heavy (non-hydrogen) atoms. The molecule has 1 aliphatic carbocycles. The Kier molecular flexibility index (Phi) is 4.92. The molecule has 2 aliphatic rings. The molecule has 0 spiro atoms. The normalized spacial score (nSPS) is 20.0. The van der Waals surface area contributed by atoms with E-state index in [0.717, 1.165) is 24.5 Å². The van der Waals surface area contributed by atoms with Crippen molar-refractivity contribution in [3.05, 3.63) is 53.2 Å². The summed E-state index contributed by atoms with van der Waals surface area (Å²) in [5.74, 6) is -0.00614. The minimum absolute atomic E-state index is 0.111. The summed E-state index contributed by atoms with van der Waals surface area (Å²) >= 11 is 0. The molecule has 2 aromatic heterocycles. The van der Waals surface area contributed by atoms with Gasteiger partial charge in [-0.05, 0) is 37.0 Å². The number of carbonyl (C=O) groups excluding carboxylic acids is 1. The zero-order valence-corrected chi connectivity index (χ0v) is 14.9. The second kappa shape index (κ2) is 7.38. The lowest BCUT2D eigenvalue weighted by atomic mass is 9.96. The Morgan fingerprint density at radius 2 is 2.14 bits per heavy atom. The van der Waals surface area contributed by atoms with E-state index in [4.69, 9.17) is 4.52 Å². The molecule has 148 valence electrons. The van der Waals surface area contributed by atoms with Gasteiger partial charge in [0, 0.05) is 31.1 Å². The Bertz CT molecular complexity index is 903. The lowest BCUT2D eigenvalue weighted by molar-refractivity contribution is -0.142. The average Bonchev–Trinajstić information content (AvgIpc) is 3.35. The number of halogens is 3. The van der Waals surface area contributed by atoms with E-state index in [9.17, 15) is 18.0 Å². The highest BCUT2D eigenvalue weighted by molar-refractivity contribution is 5.93. The van der Waals surface area contributed by atoms with Crippen molar-refractivity contribution in [2.24, 2.45) is 0 Å². The third kappa shape index (κ3) is 4.41. The van der Waals surface area contributed by atoms with Gasteiger partial charge in [-0.3, -0.25) is 4.79 Å². The summed E-state index contributed by atoms with van der Waals surface area (Å²) in [5.41, 5.74) is 0.986. The van der Waals surface area contributed by atoms with Gasteiger partial charge in [-0.1, -0.05) is 17.3 Å². The number of pyridine rings is 1. The van der Waals surface area contributed by atoms with Gasteiger partial charge in [0.05, 0.1) is 5.69 Å². The molecule has 0 aromatic carbocycles. The van der Waals surface area contributed by atoms with Crippen molar-refractivity contribution in [1.29, 1.82) is 0 Å². The molecule has 0 bridgehead atoms. The zero-order chi connectivity index (χ0) is 19.7. The number of rotatable bonds is 5. The molecule has 2 aromatic rings. The molecule has 1 unspecified atom stereocenters. The van der Waals surface area contributed by atoms with Crippen LogP contribution in [-0.2, 0) is 12.6 Å². The van der Waals surface area contributed by atoms with E-state index in [2.05, 4.69) is 20.8 Å². The smallest absolute Gasteiger partial charge is 0.361 e. The van der Waals surface area contributed by atoms with Gasteiger partial charge in [-0.15, -0.1) is 0 Å². The molecule has 1 amide bonds. The van der Waals surface area contributed by atoms with E-state index in [1.54, 1.807) is 12.1 Å².